The van der Waals surface area contributed by atoms with Crippen molar-refractivity contribution in [1.82, 2.24) is 0 Å². The standard InChI is InChI=1S/C18H22N4O2/c1-11-16(8-19,9-20)17(10-21)13-7-12(15(2,3)4)5-6-18(13,23-11)24-14(17)22/h11-13,22H,5-7H2,1-4H3. The van der Waals surface area contributed by atoms with E-state index in [0.29, 0.717) is 18.8 Å². The molecule has 3 aliphatic rings. The van der Waals surface area contributed by atoms with Crippen LogP contribution in [-0.2, 0) is 9.47 Å². The van der Waals surface area contributed by atoms with Gasteiger partial charge in [0.2, 0.25) is 11.7 Å². The van der Waals surface area contributed by atoms with Crippen molar-refractivity contribution in [2.75, 3.05) is 0 Å². The Morgan fingerprint density at radius 3 is 2.29 bits per heavy atom. The lowest BCUT2D eigenvalue weighted by molar-refractivity contribution is -0.294. The van der Waals surface area contributed by atoms with Gasteiger partial charge in [-0.25, -0.2) is 0 Å². The molecule has 5 atom stereocenters. The van der Waals surface area contributed by atoms with Gasteiger partial charge in [0.1, 0.15) is 0 Å². The summed E-state index contributed by atoms with van der Waals surface area (Å²) in [5.74, 6) is -1.50. The molecular formula is C18H22N4O2. The van der Waals surface area contributed by atoms with Crippen molar-refractivity contribution >= 4 is 5.90 Å². The van der Waals surface area contributed by atoms with Crippen LogP contribution in [0.5, 0.6) is 0 Å². The van der Waals surface area contributed by atoms with E-state index in [4.69, 9.17) is 14.9 Å². The summed E-state index contributed by atoms with van der Waals surface area (Å²) in [5, 5.41) is 38.0. The Morgan fingerprint density at radius 1 is 1.17 bits per heavy atom. The Labute approximate surface area is 142 Å². The van der Waals surface area contributed by atoms with Crippen LogP contribution in [0.25, 0.3) is 0 Å². The van der Waals surface area contributed by atoms with Crippen molar-refractivity contribution in [3.8, 4) is 18.2 Å². The minimum atomic E-state index is -1.73. The van der Waals surface area contributed by atoms with Crippen LogP contribution in [-0.4, -0.2) is 17.8 Å². The second-order valence-corrected chi connectivity index (χ2v) is 8.34. The van der Waals surface area contributed by atoms with Crippen molar-refractivity contribution in [3.05, 3.63) is 0 Å². The third-order valence-electron chi connectivity index (χ3n) is 6.41. The summed E-state index contributed by atoms with van der Waals surface area (Å²) in [6, 6.07) is 6.21. The lowest BCUT2D eigenvalue weighted by Crippen LogP contribution is -2.63. The molecule has 0 amide bonds. The zero-order valence-corrected chi connectivity index (χ0v) is 14.5. The van der Waals surface area contributed by atoms with Crippen molar-refractivity contribution in [2.45, 2.75) is 58.8 Å². The molecule has 0 aromatic carbocycles. The highest BCUT2D eigenvalue weighted by molar-refractivity contribution is 5.89. The van der Waals surface area contributed by atoms with Crippen LogP contribution in [0.3, 0.4) is 0 Å². The molecule has 126 valence electrons. The van der Waals surface area contributed by atoms with Crippen LogP contribution in [0, 0.1) is 67.5 Å². The molecule has 0 spiro atoms. The zero-order valence-electron chi connectivity index (χ0n) is 14.5. The summed E-state index contributed by atoms with van der Waals surface area (Å²) in [6.07, 6.45) is 1.26. The fourth-order valence-corrected chi connectivity index (χ4v) is 4.89. The molecule has 1 saturated carbocycles. The smallest absolute Gasteiger partial charge is 0.217 e. The van der Waals surface area contributed by atoms with E-state index in [9.17, 15) is 15.8 Å². The van der Waals surface area contributed by atoms with E-state index >= 15 is 0 Å². The summed E-state index contributed by atoms with van der Waals surface area (Å²) in [5.41, 5.74) is -3.27. The molecule has 5 unspecified atom stereocenters. The number of hydrogen-bond acceptors (Lipinski definition) is 6. The number of nitrogens with zero attached hydrogens (tertiary/aromatic N) is 3. The van der Waals surface area contributed by atoms with Gasteiger partial charge in [0.05, 0.1) is 30.2 Å². The maximum atomic E-state index is 10.1. The van der Waals surface area contributed by atoms with Crippen LogP contribution in [0.2, 0.25) is 0 Å². The Hall–Kier alpha value is -2.10. The van der Waals surface area contributed by atoms with Crippen LogP contribution >= 0.6 is 0 Å². The molecule has 0 radical (unpaired) electrons. The monoisotopic (exact) mass is 326 g/mol. The highest BCUT2D eigenvalue weighted by Crippen LogP contribution is 2.67. The Bertz CT molecular complexity index is 705. The molecule has 2 aliphatic heterocycles. The van der Waals surface area contributed by atoms with E-state index in [1.165, 1.54) is 0 Å². The third kappa shape index (κ3) is 1.64. The molecule has 6 nitrogen and oxygen atoms in total. The first-order valence-electron chi connectivity index (χ1n) is 8.33. The van der Waals surface area contributed by atoms with Gasteiger partial charge in [-0.1, -0.05) is 20.8 Å². The van der Waals surface area contributed by atoms with Crippen LogP contribution < -0.4 is 0 Å². The molecular weight excluding hydrogens is 304 g/mol. The molecule has 1 aliphatic carbocycles. The van der Waals surface area contributed by atoms with Gasteiger partial charge in [-0.3, -0.25) is 5.41 Å². The first kappa shape index (κ1) is 16.7. The lowest BCUT2D eigenvalue weighted by atomic mass is 9.50. The molecule has 2 bridgehead atoms. The molecule has 2 saturated heterocycles. The highest BCUT2D eigenvalue weighted by Gasteiger charge is 2.80. The molecule has 1 N–H and O–H groups in total. The molecule has 0 aromatic heterocycles. The van der Waals surface area contributed by atoms with Crippen molar-refractivity contribution in [3.63, 3.8) is 0 Å². The molecule has 24 heavy (non-hydrogen) atoms. The Kier molecular flexibility index (Phi) is 3.29. The van der Waals surface area contributed by atoms with Crippen molar-refractivity contribution in [1.29, 1.82) is 21.2 Å². The first-order valence-corrected chi connectivity index (χ1v) is 8.33. The zero-order chi connectivity index (χ0) is 18.0. The summed E-state index contributed by atoms with van der Waals surface area (Å²) in [4.78, 5) is 0. The predicted octanol–water partition coefficient (Wildman–Crippen LogP) is 3.11. The summed E-state index contributed by atoms with van der Waals surface area (Å²) < 4.78 is 11.9. The van der Waals surface area contributed by atoms with E-state index in [-0.39, 0.29) is 11.3 Å². The number of rotatable bonds is 0. The van der Waals surface area contributed by atoms with E-state index < -0.39 is 28.6 Å². The van der Waals surface area contributed by atoms with Crippen LogP contribution in [0.4, 0.5) is 0 Å². The number of hydrogen-bond donors (Lipinski definition) is 1. The van der Waals surface area contributed by atoms with E-state index in [2.05, 4.69) is 26.8 Å². The van der Waals surface area contributed by atoms with Gasteiger partial charge < -0.3 is 9.47 Å². The SMILES string of the molecule is CC1OC23CCC(C(C)(C)C)CC2C(C#N)(C(=N)O3)C1(C#N)C#N. The summed E-state index contributed by atoms with van der Waals surface area (Å²) in [7, 11) is 0. The van der Waals surface area contributed by atoms with Gasteiger partial charge in [0, 0.05) is 6.42 Å². The van der Waals surface area contributed by atoms with E-state index in [0.717, 1.165) is 6.42 Å². The van der Waals surface area contributed by atoms with Gasteiger partial charge in [-0.2, -0.15) is 15.8 Å². The molecule has 6 heteroatoms. The topological polar surface area (TPSA) is 114 Å². The van der Waals surface area contributed by atoms with Gasteiger partial charge in [0.15, 0.2) is 10.8 Å². The first-order chi connectivity index (χ1) is 11.1. The maximum absolute atomic E-state index is 10.1. The molecule has 3 rings (SSSR count). The number of nitriles is 3. The van der Waals surface area contributed by atoms with E-state index in [1.807, 2.05) is 12.1 Å². The molecule has 2 heterocycles. The maximum Gasteiger partial charge on any atom is 0.217 e. The quantitative estimate of drug-likeness (QED) is 0.734. The van der Waals surface area contributed by atoms with Crippen LogP contribution in [0.1, 0.15) is 47.0 Å². The largest absolute Gasteiger partial charge is 0.447 e. The fourth-order valence-electron chi connectivity index (χ4n) is 4.89. The normalized spacial score (nSPS) is 42.9. The minimum Gasteiger partial charge on any atom is -0.447 e. The number of nitrogens with one attached hydrogen (secondary N) is 1. The summed E-state index contributed by atoms with van der Waals surface area (Å²) in [6.45, 7) is 8.08. The third-order valence-corrected chi connectivity index (χ3v) is 6.41. The van der Waals surface area contributed by atoms with Gasteiger partial charge >= 0.3 is 0 Å². The summed E-state index contributed by atoms with van der Waals surface area (Å²) >= 11 is 0. The highest BCUT2D eigenvalue weighted by atomic mass is 16.7. The minimum absolute atomic E-state index is 0.0326. The predicted molar refractivity (Wildman–Crippen MR) is 84.1 cm³/mol. The van der Waals surface area contributed by atoms with E-state index in [1.54, 1.807) is 6.92 Å². The average molecular weight is 326 g/mol. The van der Waals surface area contributed by atoms with Crippen molar-refractivity contribution < 1.29 is 9.47 Å². The second-order valence-electron chi connectivity index (χ2n) is 8.34. The van der Waals surface area contributed by atoms with Gasteiger partial charge in [-0.15, -0.1) is 0 Å². The van der Waals surface area contributed by atoms with Crippen LogP contribution in [0.15, 0.2) is 0 Å². The van der Waals surface area contributed by atoms with Gasteiger partial charge in [-0.05, 0) is 31.1 Å². The fraction of sp³-hybridized carbons (Fsp3) is 0.778. The average Bonchev–Trinajstić information content (AvgIpc) is 2.72. The molecule has 3 fully saturated rings. The van der Waals surface area contributed by atoms with Crippen molar-refractivity contribution in [2.24, 2.45) is 28.1 Å². The number of ether oxygens (including phenoxy) is 2. The van der Waals surface area contributed by atoms with Gasteiger partial charge in [0.25, 0.3) is 0 Å². The Morgan fingerprint density at radius 2 is 1.79 bits per heavy atom. The second kappa shape index (κ2) is 4.71. The lowest BCUT2D eigenvalue weighted by Gasteiger charge is -2.53. The Balaban J connectivity index is 2.20. The molecule has 0 aromatic rings.